The van der Waals surface area contributed by atoms with Gasteiger partial charge in [-0.25, -0.2) is 0 Å². The summed E-state index contributed by atoms with van der Waals surface area (Å²) in [5, 5.41) is 10.0. The molecule has 0 aromatic heterocycles. The van der Waals surface area contributed by atoms with Crippen LogP contribution in [-0.4, -0.2) is 45.2 Å². The van der Waals surface area contributed by atoms with Gasteiger partial charge < -0.3 is 19.3 Å². The molecule has 7 nitrogen and oxygen atoms in total. The second-order valence-electron chi connectivity index (χ2n) is 7.69. The first kappa shape index (κ1) is 17.1. The van der Waals surface area contributed by atoms with Gasteiger partial charge in [0.25, 0.3) is 11.8 Å². The van der Waals surface area contributed by atoms with E-state index in [0.717, 1.165) is 5.56 Å². The Hall–Kier alpha value is -2.05. The van der Waals surface area contributed by atoms with Gasteiger partial charge in [0.05, 0.1) is 17.5 Å². The number of amides is 2. The molecule has 4 atom stereocenters. The number of hydrogen-bond donors (Lipinski definition) is 0. The second-order valence-corrected chi connectivity index (χ2v) is 10.5. The molecule has 4 saturated heterocycles. The lowest BCUT2D eigenvalue weighted by Crippen LogP contribution is -2.73. The average molecular weight is 403 g/mol. The van der Waals surface area contributed by atoms with E-state index in [-0.39, 0.29) is 25.0 Å². The van der Waals surface area contributed by atoms with E-state index in [1.54, 1.807) is 24.9 Å². The van der Waals surface area contributed by atoms with Crippen molar-refractivity contribution in [2.24, 2.45) is 5.41 Å². The first-order valence-electron chi connectivity index (χ1n) is 8.56. The molecule has 5 aliphatic heterocycles. The smallest absolute Gasteiger partial charge is 0.261 e. The van der Waals surface area contributed by atoms with Gasteiger partial charge in [-0.1, -0.05) is 27.7 Å². The molecule has 1 unspecified atom stereocenters. The van der Waals surface area contributed by atoms with Crippen molar-refractivity contribution in [2.45, 2.75) is 36.1 Å². The molecule has 5 heterocycles. The van der Waals surface area contributed by atoms with Crippen LogP contribution < -0.4 is 9.47 Å². The maximum Gasteiger partial charge on any atom is 0.261 e. The predicted octanol–water partition coefficient (Wildman–Crippen LogP) is 2.50. The number of ether oxygens (including phenoxy) is 2. The summed E-state index contributed by atoms with van der Waals surface area (Å²) in [4.78, 5) is 27.9. The van der Waals surface area contributed by atoms with Gasteiger partial charge in [-0.15, -0.1) is 0 Å². The van der Waals surface area contributed by atoms with E-state index >= 15 is 0 Å². The number of benzene rings is 1. The van der Waals surface area contributed by atoms with E-state index in [0.29, 0.717) is 11.5 Å². The van der Waals surface area contributed by atoms with Crippen LogP contribution in [0.1, 0.15) is 31.9 Å². The summed E-state index contributed by atoms with van der Waals surface area (Å²) in [6.45, 7) is 3.75. The van der Waals surface area contributed by atoms with Gasteiger partial charge in [0.15, 0.2) is 21.2 Å². The average Bonchev–Trinajstić information content (AvgIpc) is 3.23. The molecule has 5 aliphatic rings. The van der Waals surface area contributed by atoms with Crippen molar-refractivity contribution >= 4 is 33.4 Å². The largest absolute Gasteiger partial charge is 0.454 e. The summed E-state index contributed by atoms with van der Waals surface area (Å²) in [6.07, 6.45) is 0.290. The minimum absolute atomic E-state index is 0.113. The molecule has 1 aromatic carbocycles. The van der Waals surface area contributed by atoms with Gasteiger partial charge in [-0.3, -0.25) is 9.59 Å². The van der Waals surface area contributed by atoms with Gasteiger partial charge in [-0.2, -0.15) is 5.26 Å². The number of nitrogens with zero attached hydrogens (tertiary/aromatic N) is 3. The topological polar surface area (TPSA) is 82.9 Å². The molecule has 1 spiro atoms. The van der Waals surface area contributed by atoms with Crippen molar-refractivity contribution < 1.29 is 19.1 Å². The summed E-state index contributed by atoms with van der Waals surface area (Å²) in [5.41, 5.74) is -0.117. The minimum atomic E-state index is -1.06. The highest BCUT2D eigenvalue weighted by Crippen LogP contribution is 2.69. The Kier molecular flexibility index (Phi) is 3.20. The maximum atomic E-state index is 13.5. The summed E-state index contributed by atoms with van der Waals surface area (Å²) in [6, 6.07) is 7.35. The molecule has 0 saturated carbocycles. The van der Waals surface area contributed by atoms with E-state index < -0.39 is 21.2 Å². The molecule has 140 valence electrons. The number of hydrogen-bond acceptors (Lipinski definition) is 7. The Bertz CT molecular complexity index is 949. The third-order valence-corrected chi connectivity index (χ3v) is 9.76. The predicted molar refractivity (Wildman–Crippen MR) is 99.6 cm³/mol. The van der Waals surface area contributed by atoms with Gasteiger partial charge >= 0.3 is 0 Å². The lowest BCUT2D eigenvalue weighted by atomic mass is 9.79. The monoisotopic (exact) mass is 403 g/mol. The molecule has 9 heteroatoms. The summed E-state index contributed by atoms with van der Waals surface area (Å²) < 4.78 is 10.9. The Morgan fingerprint density at radius 1 is 1.19 bits per heavy atom. The maximum absolute atomic E-state index is 13.5. The highest BCUT2D eigenvalue weighted by Gasteiger charge is 2.74. The van der Waals surface area contributed by atoms with Crippen LogP contribution in [0.15, 0.2) is 18.2 Å². The molecule has 6 rings (SSSR count). The molecule has 2 bridgehead atoms. The van der Waals surface area contributed by atoms with E-state index in [1.165, 1.54) is 26.5 Å². The van der Waals surface area contributed by atoms with Crippen LogP contribution in [0.3, 0.4) is 0 Å². The number of piperazine rings is 1. The number of nitriles is 1. The van der Waals surface area contributed by atoms with Gasteiger partial charge in [-0.05, 0) is 31.5 Å². The van der Waals surface area contributed by atoms with Crippen LogP contribution in [0.5, 0.6) is 11.5 Å². The van der Waals surface area contributed by atoms with Crippen molar-refractivity contribution in [1.82, 2.24) is 9.80 Å². The minimum Gasteiger partial charge on any atom is -0.454 e. The van der Waals surface area contributed by atoms with Crippen molar-refractivity contribution in [3.8, 4) is 17.6 Å². The zero-order valence-electron chi connectivity index (χ0n) is 15.0. The fourth-order valence-electron chi connectivity index (χ4n) is 4.50. The van der Waals surface area contributed by atoms with Gasteiger partial charge in [0, 0.05) is 13.5 Å². The Labute approximate surface area is 164 Å². The number of carbonyl (C=O) groups excluding carboxylic acids is 2. The number of likely N-dealkylation sites (N-methyl/N-ethyl adjacent to an activating group) is 1. The standard InChI is InChI=1S/C18H17N3O4S2/c1-16(8-19)7-18-15(23)20(3)17(2,26-27-18)14(22)21(18)13(16)10-4-5-11-12(6-10)25-9-24-11/h4-6,13H,7,9H2,1-3H3/t13-,16+,17?,18+/m0/s1. The molecule has 0 aliphatic carbocycles. The SMILES string of the molecule is CN1C(=O)[C@]23C[C@](C)(C#N)[C@H](c4ccc5c(c4)OCO5)N2C(=O)C1(C)SS3. The normalized spacial score (nSPS) is 39.0. The van der Waals surface area contributed by atoms with Crippen LogP contribution in [0, 0.1) is 16.7 Å². The fraction of sp³-hybridized carbons (Fsp3) is 0.500. The molecular formula is C18H17N3O4S2. The zero-order chi connectivity index (χ0) is 19.2. The Morgan fingerprint density at radius 2 is 1.93 bits per heavy atom. The molecule has 2 amide bonds. The second kappa shape index (κ2) is 5.06. The van der Waals surface area contributed by atoms with E-state index in [1.807, 2.05) is 19.1 Å². The lowest BCUT2D eigenvalue weighted by molar-refractivity contribution is -0.164. The number of rotatable bonds is 1. The van der Waals surface area contributed by atoms with Crippen molar-refractivity contribution in [3.05, 3.63) is 23.8 Å². The summed E-state index contributed by atoms with van der Waals surface area (Å²) in [7, 11) is 4.49. The molecule has 0 radical (unpaired) electrons. The first-order chi connectivity index (χ1) is 12.8. The third-order valence-electron chi connectivity index (χ3n) is 6.06. The molecule has 27 heavy (non-hydrogen) atoms. The summed E-state index contributed by atoms with van der Waals surface area (Å²) >= 11 is 0. The lowest BCUT2D eigenvalue weighted by Gasteiger charge is -2.57. The van der Waals surface area contributed by atoms with Crippen LogP contribution in [0.4, 0.5) is 0 Å². The van der Waals surface area contributed by atoms with E-state index in [9.17, 15) is 14.9 Å². The highest BCUT2D eigenvalue weighted by molar-refractivity contribution is 8.78. The van der Waals surface area contributed by atoms with Gasteiger partial charge in [0.1, 0.15) is 0 Å². The zero-order valence-corrected chi connectivity index (χ0v) is 16.6. The van der Waals surface area contributed by atoms with Crippen LogP contribution in [-0.2, 0) is 9.59 Å². The Morgan fingerprint density at radius 3 is 2.67 bits per heavy atom. The van der Waals surface area contributed by atoms with Crippen molar-refractivity contribution in [2.75, 3.05) is 13.8 Å². The quantitative estimate of drug-likeness (QED) is 0.666. The highest BCUT2D eigenvalue weighted by atomic mass is 33.1. The summed E-state index contributed by atoms with van der Waals surface area (Å²) in [5.74, 6) is 0.998. The van der Waals surface area contributed by atoms with Crippen LogP contribution in [0.2, 0.25) is 0 Å². The number of carbonyl (C=O) groups is 2. The van der Waals surface area contributed by atoms with Gasteiger partial charge in [0.2, 0.25) is 6.79 Å². The Balaban J connectivity index is 1.71. The molecule has 4 fully saturated rings. The molecular weight excluding hydrogens is 386 g/mol. The van der Waals surface area contributed by atoms with Crippen molar-refractivity contribution in [1.29, 1.82) is 5.26 Å². The molecule has 1 aromatic rings. The fourth-order valence-corrected chi connectivity index (χ4v) is 8.08. The first-order valence-corrected chi connectivity index (χ1v) is 10.7. The van der Waals surface area contributed by atoms with E-state index in [2.05, 4.69) is 6.07 Å². The van der Waals surface area contributed by atoms with Crippen LogP contribution >= 0.6 is 21.6 Å². The number of fused-ring (bicyclic) bond motifs is 3. The van der Waals surface area contributed by atoms with Crippen LogP contribution in [0.25, 0.3) is 0 Å². The molecule has 0 N–H and O–H groups in total. The van der Waals surface area contributed by atoms with E-state index in [4.69, 9.17) is 9.47 Å². The third kappa shape index (κ3) is 1.85. The van der Waals surface area contributed by atoms with Crippen molar-refractivity contribution in [3.63, 3.8) is 0 Å².